The van der Waals surface area contributed by atoms with Crippen molar-refractivity contribution in [3.63, 3.8) is 0 Å². The van der Waals surface area contributed by atoms with E-state index in [-0.39, 0.29) is 63.2 Å². The first-order valence-electron chi connectivity index (χ1n) is 12.3. The third kappa shape index (κ3) is 2.96. The van der Waals surface area contributed by atoms with Crippen molar-refractivity contribution in [2.75, 3.05) is 11.5 Å². The molecule has 2 bridgehead atoms. The second-order valence-corrected chi connectivity index (χ2v) is 12.2. The molecule has 7 nitrogen and oxygen atoms in total. The van der Waals surface area contributed by atoms with E-state index < -0.39 is 0 Å². The summed E-state index contributed by atoms with van der Waals surface area (Å²) in [5.74, 6) is -0.246. The van der Waals surface area contributed by atoms with Crippen molar-refractivity contribution in [2.24, 2.45) is 29.6 Å². The van der Waals surface area contributed by atoms with Gasteiger partial charge in [0.25, 0.3) is 0 Å². The Morgan fingerprint density at radius 1 is 1.06 bits per heavy atom. The number of aromatic amines is 1. The number of phenolic OH excluding ortho intramolecular Hbond substituents is 1. The van der Waals surface area contributed by atoms with Gasteiger partial charge in [0, 0.05) is 16.0 Å². The standard InChI is InChI=1S/C27H24N2O5S2/c1-2-34-17-10-12(8-9-16(17)30)18-19-14-11-15(22(19)35-24-23(18)36-27(33)28-24)21-20(14)25(31)29(26(21)32)13-6-4-3-5-7-13/h3-10,14-15,18-22,30H,2,11H2,1H3,(H,28,33). The number of hydrogen-bond donors (Lipinski definition) is 2. The van der Waals surface area contributed by atoms with Crippen LogP contribution in [0.1, 0.15) is 29.7 Å². The molecule has 3 heterocycles. The van der Waals surface area contributed by atoms with Crippen LogP contribution in [0.4, 0.5) is 5.69 Å². The summed E-state index contributed by atoms with van der Waals surface area (Å²) in [6.07, 6.45) is 0.837. The molecule has 1 aromatic heterocycles. The molecular formula is C27H24N2O5S2. The van der Waals surface area contributed by atoms with Crippen molar-refractivity contribution < 1.29 is 19.4 Å². The quantitative estimate of drug-likeness (QED) is 0.500. The van der Waals surface area contributed by atoms with Crippen LogP contribution in [-0.4, -0.2) is 33.8 Å². The predicted octanol–water partition coefficient (Wildman–Crippen LogP) is 4.22. The van der Waals surface area contributed by atoms with E-state index in [4.69, 9.17) is 4.74 Å². The highest BCUT2D eigenvalue weighted by Crippen LogP contribution is 2.68. The Labute approximate surface area is 215 Å². The average molecular weight is 521 g/mol. The number of hydrogen-bond acceptors (Lipinski definition) is 7. The molecule has 2 aromatic carbocycles. The fraction of sp³-hybridized carbons (Fsp3) is 0.370. The van der Waals surface area contributed by atoms with E-state index in [1.165, 1.54) is 16.2 Å². The Hall–Kier alpha value is -3.04. The van der Waals surface area contributed by atoms with Gasteiger partial charge < -0.3 is 14.8 Å². The van der Waals surface area contributed by atoms with Gasteiger partial charge in [0.15, 0.2) is 11.5 Å². The van der Waals surface area contributed by atoms with Crippen LogP contribution in [-0.2, 0) is 9.59 Å². The predicted molar refractivity (Wildman–Crippen MR) is 137 cm³/mol. The molecule has 7 rings (SSSR count). The third-order valence-electron chi connectivity index (χ3n) is 8.38. The Balaban J connectivity index is 1.33. The van der Waals surface area contributed by atoms with Gasteiger partial charge in [0.05, 0.1) is 29.2 Å². The first kappa shape index (κ1) is 22.2. The van der Waals surface area contributed by atoms with Crippen molar-refractivity contribution in [3.05, 3.63) is 68.6 Å². The number of anilines is 1. The number of carbonyl (C=O) groups excluding carboxylic acids is 2. The third-order valence-corrected chi connectivity index (χ3v) is 11.0. The molecule has 2 N–H and O–H groups in total. The van der Waals surface area contributed by atoms with Crippen LogP contribution < -0.4 is 14.5 Å². The van der Waals surface area contributed by atoms with Crippen LogP contribution in [0.15, 0.2) is 58.4 Å². The molecule has 1 saturated heterocycles. The molecule has 7 unspecified atom stereocenters. The maximum absolute atomic E-state index is 13.7. The molecule has 3 fully saturated rings. The van der Waals surface area contributed by atoms with E-state index in [0.29, 0.717) is 18.0 Å². The zero-order chi connectivity index (χ0) is 24.7. The van der Waals surface area contributed by atoms with Crippen molar-refractivity contribution in [1.82, 2.24) is 4.98 Å². The molecule has 7 atom stereocenters. The largest absolute Gasteiger partial charge is 0.504 e. The summed E-state index contributed by atoms with van der Waals surface area (Å²) >= 11 is 2.89. The summed E-state index contributed by atoms with van der Waals surface area (Å²) in [7, 11) is 0. The van der Waals surface area contributed by atoms with Crippen LogP contribution in [0, 0.1) is 29.6 Å². The summed E-state index contributed by atoms with van der Waals surface area (Å²) < 4.78 is 5.67. The number of ether oxygens (including phenoxy) is 1. The van der Waals surface area contributed by atoms with Gasteiger partial charge in [-0.2, -0.15) is 0 Å². The molecule has 3 aromatic rings. The molecule has 36 heavy (non-hydrogen) atoms. The SMILES string of the molecule is CCOc1cc(C2c3sc(=O)[nH]c3SC3C4CC(C5C(=O)N(c6ccccc6)C(=O)C45)C23)ccc1O. The molecule has 0 spiro atoms. The highest BCUT2D eigenvalue weighted by atomic mass is 32.2. The van der Waals surface area contributed by atoms with Crippen LogP contribution in [0.2, 0.25) is 0 Å². The summed E-state index contributed by atoms with van der Waals surface area (Å²) in [6, 6.07) is 14.6. The van der Waals surface area contributed by atoms with E-state index in [1.54, 1.807) is 17.8 Å². The number of H-pyrrole nitrogens is 1. The lowest BCUT2D eigenvalue weighted by atomic mass is 9.68. The van der Waals surface area contributed by atoms with E-state index in [0.717, 1.165) is 21.9 Å². The van der Waals surface area contributed by atoms with Gasteiger partial charge >= 0.3 is 4.87 Å². The van der Waals surface area contributed by atoms with Crippen LogP contribution >= 0.6 is 23.1 Å². The molecule has 184 valence electrons. The highest BCUT2D eigenvalue weighted by Gasteiger charge is 2.69. The second kappa shape index (κ2) is 7.98. The first-order chi connectivity index (χ1) is 17.5. The van der Waals surface area contributed by atoms with Crippen LogP contribution in [0.25, 0.3) is 0 Å². The van der Waals surface area contributed by atoms with Gasteiger partial charge in [-0.1, -0.05) is 35.6 Å². The number of benzene rings is 2. The number of para-hydroxylation sites is 1. The van der Waals surface area contributed by atoms with Gasteiger partial charge in [0.1, 0.15) is 0 Å². The zero-order valence-electron chi connectivity index (χ0n) is 19.4. The number of nitrogens with one attached hydrogen (secondary N) is 1. The number of aromatic nitrogens is 1. The highest BCUT2D eigenvalue weighted by molar-refractivity contribution is 8.00. The summed E-state index contributed by atoms with van der Waals surface area (Å²) in [5.41, 5.74) is 1.60. The number of amides is 2. The smallest absolute Gasteiger partial charge is 0.305 e. The van der Waals surface area contributed by atoms with Crippen LogP contribution in [0.3, 0.4) is 0 Å². The molecule has 0 radical (unpaired) electrons. The maximum Gasteiger partial charge on any atom is 0.305 e. The number of aromatic hydroxyl groups is 1. The van der Waals surface area contributed by atoms with E-state index in [2.05, 4.69) is 4.98 Å². The van der Waals surface area contributed by atoms with Gasteiger partial charge in [-0.05, 0) is 60.9 Å². The minimum absolute atomic E-state index is 0.0439. The molecule has 9 heteroatoms. The average Bonchev–Trinajstić information content (AvgIpc) is 3.60. The number of fused-ring (bicyclic) bond motifs is 9. The lowest BCUT2D eigenvalue weighted by Gasteiger charge is -2.43. The number of phenols is 1. The zero-order valence-corrected chi connectivity index (χ0v) is 21.1. The normalized spacial score (nSPS) is 31.9. The Morgan fingerprint density at radius 3 is 2.56 bits per heavy atom. The van der Waals surface area contributed by atoms with Crippen molar-refractivity contribution in [1.29, 1.82) is 0 Å². The number of carbonyl (C=O) groups is 2. The van der Waals surface area contributed by atoms with Crippen molar-refractivity contribution >= 4 is 40.6 Å². The maximum atomic E-state index is 13.7. The lowest BCUT2D eigenvalue weighted by Crippen LogP contribution is -2.42. The number of thiazole rings is 1. The Bertz CT molecular complexity index is 1450. The van der Waals surface area contributed by atoms with Gasteiger partial charge in [0.2, 0.25) is 11.8 Å². The van der Waals surface area contributed by atoms with Gasteiger partial charge in [-0.15, -0.1) is 11.8 Å². The second-order valence-electron chi connectivity index (χ2n) is 9.97. The lowest BCUT2D eigenvalue weighted by molar-refractivity contribution is -0.123. The first-order valence-corrected chi connectivity index (χ1v) is 14.0. The fourth-order valence-electron chi connectivity index (χ4n) is 7.22. The number of thioether (sulfide) groups is 1. The summed E-state index contributed by atoms with van der Waals surface area (Å²) in [5, 5.41) is 11.3. The molecular weight excluding hydrogens is 496 g/mol. The van der Waals surface area contributed by atoms with E-state index >= 15 is 0 Å². The Kier molecular flexibility index (Phi) is 4.92. The topological polar surface area (TPSA) is 99.7 Å². The molecule has 2 saturated carbocycles. The van der Waals surface area contributed by atoms with Gasteiger partial charge in [-0.3, -0.25) is 19.3 Å². The van der Waals surface area contributed by atoms with Crippen molar-refractivity contribution in [3.8, 4) is 11.5 Å². The fourth-order valence-corrected chi connectivity index (χ4v) is 10.1. The van der Waals surface area contributed by atoms with Crippen LogP contribution in [0.5, 0.6) is 11.5 Å². The molecule has 2 aliphatic carbocycles. The number of rotatable bonds is 4. The Morgan fingerprint density at radius 2 is 1.81 bits per heavy atom. The van der Waals surface area contributed by atoms with E-state index in [1.807, 2.05) is 49.4 Å². The molecule has 2 amide bonds. The molecule has 4 aliphatic rings. The number of imide groups is 1. The van der Waals surface area contributed by atoms with Crippen molar-refractivity contribution in [2.45, 2.75) is 29.5 Å². The monoisotopic (exact) mass is 520 g/mol. The van der Waals surface area contributed by atoms with E-state index in [9.17, 15) is 19.5 Å². The summed E-state index contributed by atoms with van der Waals surface area (Å²) in [4.78, 5) is 45.1. The van der Waals surface area contributed by atoms with Gasteiger partial charge in [-0.25, -0.2) is 0 Å². The minimum atomic E-state index is -0.340. The summed E-state index contributed by atoms with van der Waals surface area (Å²) in [6.45, 7) is 2.29. The number of nitrogens with zero attached hydrogens (tertiary/aromatic N) is 1. The minimum Gasteiger partial charge on any atom is -0.504 e. The molecule has 2 aliphatic heterocycles.